The van der Waals surface area contributed by atoms with Gasteiger partial charge in [-0.3, -0.25) is 0 Å². The van der Waals surface area contributed by atoms with Crippen LogP contribution in [0.4, 0.5) is 0 Å². The van der Waals surface area contributed by atoms with E-state index in [0.29, 0.717) is 5.75 Å². The molecule has 1 aliphatic carbocycles. The number of phenolic OH excluding ortho intramolecular Hbond substituents is 1. The van der Waals surface area contributed by atoms with Gasteiger partial charge >= 0.3 is 0 Å². The summed E-state index contributed by atoms with van der Waals surface area (Å²) in [6.07, 6.45) is 5.85. The number of hydrogen-bond acceptors (Lipinski definition) is 1. The molecule has 0 bridgehead atoms. The van der Waals surface area contributed by atoms with Crippen molar-refractivity contribution >= 4 is 0 Å². The summed E-state index contributed by atoms with van der Waals surface area (Å²) in [6, 6.07) is 4.15. The van der Waals surface area contributed by atoms with Crippen molar-refractivity contribution in [1.82, 2.24) is 0 Å². The Morgan fingerprint density at radius 3 is 2.38 bits per heavy atom. The molecule has 1 aromatic rings. The number of aromatic hydroxyl groups is 1. The van der Waals surface area contributed by atoms with E-state index < -0.39 is 0 Å². The van der Waals surface area contributed by atoms with Crippen molar-refractivity contribution in [3.8, 4) is 5.75 Å². The number of hydrogen-bond donors (Lipinski definition) is 1. The van der Waals surface area contributed by atoms with Crippen molar-refractivity contribution in [1.29, 1.82) is 0 Å². The Morgan fingerprint density at radius 2 is 1.77 bits per heavy atom. The second-order valence-corrected chi connectivity index (χ2v) is 3.81. The van der Waals surface area contributed by atoms with E-state index >= 15 is 0 Å². The first kappa shape index (κ1) is 8.61. The number of rotatable bonds is 1. The lowest BCUT2D eigenvalue weighted by molar-refractivity contribution is 0.466. The monoisotopic (exact) mass is 176 g/mol. The number of phenols is 1. The first-order valence-corrected chi connectivity index (χ1v) is 5.15. The molecule has 0 fully saturated rings. The van der Waals surface area contributed by atoms with Gasteiger partial charge in [0.1, 0.15) is 5.75 Å². The average Bonchev–Trinajstić information content (AvgIpc) is 2.17. The minimum atomic E-state index is 0.489. The molecule has 1 N–H and O–H groups in total. The van der Waals surface area contributed by atoms with E-state index in [1.165, 1.54) is 30.4 Å². The molecule has 0 heterocycles. The van der Waals surface area contributed by atoms with E-state index in [4.69, 9.17) is 0 Å². The van der Waals surface area contributed by atoms with E-state index in [2.05, 4.69) is 13.0 Å². The van der Waals surface area contributed by atoms with Gasteiger partial charge in [-0.15, -0.1) is 0 Å². The van der Waals surface area contributed by atoms with Crippen molar-refractivity contribution in [2.45, 2.75) is 39.0 Å². The molecule has 1 aromatic carbocycles. The Balaban J connectivity index is 2.44. The van der Waals surface area contributed by atoms with Crippen molar-refractivity contribution < 1.29 is 5.11 Å². The Morgan fingerprint density at radius 1 is 1.15 bits per heavy atom. The molecule has 13 heavy (non-hydrogen) atoms. The normalized spacial score (nSPS) is 15.5. The van der Waals surface area contributed by atoms with E-state index in [1.807, 2.05) is 6.07 Å². The molecule has 70 valence electrons. The summed E-state index contributed by atoms with van der Waals surface area (Å²) in [7, 11) is 0. The van der Waals surface area contributed by atoms with Crippen LogP contribution in [0, 0.1) is 0 Å². The third-order valence-corrected chi connectivity index (χ3v) is 2.92. The molecule has 1 heteroatoms. The van der Waals surface area contributed by atoms with Crippen LogP contribution in [0.3, 0.4) is 0 Å². The number of aryl methyl sites for hydroxylation is 3. The van der Waals surface area contributed by atoms with E-state index in [9.17, 15) is 5.11 Å². The van der Waals surface area contributed by atoms with Gasteiger partial charge in [0.2, 0.25) is 0 Å². The smallest absolute Gasteiger partial charge is 0.119 e. The van der Waals surface area contributed by atoms with Gasteiger partial charge in [-0.2, -0.15) is 0 Å². The summed E-state index contributed by atoms with van der Waals surface area (Å²) in [5, 5.41) is 9.67. The molecule has 0 amide bonds. The molecule has 0 atom stereocenters. The summed E-state index contributed by atoms with van der Waals surface area (Å²) < 4.78 is 0. The fourth-order valence-electron chi connectivity index (χ4n) is 2.11. The predicted octanol–water partition coefficient (Wildman–Crippen LogP) is 2.83. The lowest BCUT2D eigenvalue weighted by atomic mass is 9.89. The molecule has 2 rings (SSSR count). The zero-order valence-corrected chi connectivity index (χ0v) is 8.14. The minimum absolute atomic E-state index is 0.489. The fraction of sp³-hybridized carbons (Fsp3) is 0.500. The quantitative estimate of drug-likeness (QED) is 0.697. The molecule has 1 nitrogen and oxygen atoms in total. The van der Waals surface area contributed by atoms with Crippen LogP contribution in [0.2, 0.25) is 0 Å². The highest BCUT2D eigenvalue weighted by Crippen LogP contribution is 2.28. The van der Waals surface area contributed by atoms with Crippen LogP contribution in [-0.2, 0) is 19.3 Å². The first-order valence-electron chi connectivity index (χ1n) is 5.15. The molecule has 0 saturated heterocycles. The predicted molar refractivity (Wildman–Crippen MR) is 54.1 cm³/mol. The van der Waals surface area contributed by atoms with Crippen molar-refractivity contribution in [2.24, 2.45) is 0 Å². The van der Waals surface area contributed by atoms with Crippen LogP contribution in [0.1, 0.15) is 36.5 Å². The highest BCUT2D eigenvalue weighted by molar-refractivity contribution is 5.42. The van der Waals surface area contributed by atoms with Crippen molar-refractivity contribution in [3.63, 3.8) is 0 Å². The standard InChI is InChI=1S/C12H16O/c1-2-9-7-10-5-3-4-6-11(10)8-12(9)13/h7-8,13H,2-6H2,1H3. The van der Waals surface area contributed by atoms with Crippen molar-refractivity contribution in [2.75, 3.05) is 0 Å². The molecular formula is C12H16O. The van der Waals surface area contributed by atoms with E-state index in [-0.39, 0.29) is 0 Å². The van der Waals surface area contributed by atoms with Gasteiger partial charge in [-0.25, -0.2) is 0 Å². The van der Waals surface area contributed by atoms with Gasteiger partial charge in [0.25, 0.3) is 0 Å². The van der Waals surface area contributed by atoms with Gasteiger partial charge < -0.3 is 5.11 Å². The second kappa shape index (κ2) is 3.41. The third kappa shape index (κ3) is 1.55. The topological polar surface area (TPSA) is 20.2 Å². The lowest BCUT2D eigenvalue weighted by Crippen LogP contribution is -2.03. The molecule has 0 unspecified atom stereocenters. The van der Waals surface area contributed by atoms with Crippen LogP contribution in [-0.4, -0.2) is 5.11 Å². The van der Waals surface area contributed by atoms with Crippen LogP contribution in [0.5, 0.6) is 5.75 Å². The largest absolute Gasteiger partial charge is 0.508 e. The highest BCUT2D eigenvalue weighted by Gasteiger charge is 2.11. The molecule has 1 aliphatic rings. The maximum absolute atomic E-state index is 9.67. The van der Waals surface area contributed by atoms with Crippen LogP contribution in [0.15, 0.2) is 12.1 Å². The maximum Gasteiger partial charge on any atom is 0.119 e. The van der Waals surface area contributed by atoms with E-state index in [1.54, 1.807) is 0 Å². The minimum Gasteiger partial charge on any atom is -0.508 e. The van der Waals surface area contributed by atoms with E-state index in [0.717, 1.165) is 18.4 Å². The zero-order chi connectivity index (χ0) is 9.26. The molecule has 0 aromatic heterocycles. The Hall–Kier alpha value is -0.980. The SMILES string of the molecule is CCc1cc2c(cc1O)CCCC2. The van der Waals surface area contributed by atoms with Crippen LogP contribution >= 0.6 is 0 Å². The molecule has 0 aliphatic heterocycles. The van der Waals surface area contributed by atoms with Crippen LogP contribution < -0.4 is 0 Å². The van der Waals surface area contributed by atoms with Gasteiger partial charge in [-0.05, 0) is 54.9 Å². The zero-order valence-electron chi connectivity index (χ0n) is 8.14. The summed E-state index contributed by atoms with van der Waals surface area (Å²) in [5.41, 5.74) is 3.92. The summed E-state index contributed by atoms with van der Waals surface area (Å²) in [4.78, 5) is 0. The third-order valence-electron chi connectivity index (χ3n) is 2.92. The average molecular weight is 176 g/mol. The van der Waals surface area contributed by atoms with Crippen molar-refractivity contribution in [3.05, 3.63) is 28.8 Å². The number of fused-ring (bicyclic) bond motifs is 1. The molecule has 0 saturated carbocycles. The van der Waals surface area contributed by atoms with Gasteiger partial charge in [-0.1, -0.05) is 13.0 Å². The van der Waals surface area contributed by atoms with Gasteiger partial charge in [0.15, 0.2) is 0 Å². The van der Waals surface area contributed by atoms with Crippen LogP contribution in [0.25, 0.3) is 0 Å². The van der Waals surface area contributed by atoms with Gasteiger partial charge in [0, 0.05) is 0 Å². The molecular weight excluding hydrogens is 160 g/mol. The molecule has 0 radical (unpaired) electrons. The summed E-state index contributed by atoms with van der Waals surface area (Å²) in [5.74, 6) is 0.489. The number of benzene rings is 1. The summed E-state index contributed by atoms with van der Waals surface area (Å²) in [6.45, 7) is 2.09. The Bertz CT molecular complexity index is 315. The maximum atomic E-state index is 9.67. The second-order valence-electron chi connectivity index (χ2n) is 3.81. The lowest BCUT2D eigenvalue weighted by Gasteiger charge is -2.17. The highest BCUT2D eigenvalue weighted by atomic mass is 16.3. The summed E-state index contributed by atoms with van der Waals surface area (Å²) >= 11 is 0. The fourth-order valence-corrected chi connectivity index (χ4v) is 2.11. The molecule has 0 spiro atoms. The Labute approximate surface area is 79.4 Å². The first-order chi connectivity index (χ1) is 6.31. The Kier molecular flexibility index (Phi) is 2.26. The van der Waals surface area contributed by atoms with Gasteiger partial charge in [0.05, 0.1) is 0 Å².